The van der Waals surface area contributed by atoms with Crippen LogP contribution >= 0.6 is 11.6 Å². The summed E-state index contributed by atoms with van der Waals surface area (Å²) >= 11 is 5.86. The van der Waals surface area contributed by atoms with Crippen molar-refractivity contribution in [2.24, 2.45) is 4.99 Å². The van der Waals surface area contributed by atoms with E-state index in [9.17, 15) is 19.2 Å². The summed E-state index contributed by atoms with van der Waals surface area (Å²) in [7, 11) is 0. The normalized spacial score (nSPS) is 23.0. The molecule has 0 spiro atoms. The van der Waals surface area contributed by atoms with E-state index >= 15 is 0 Å². The highest BCUT2D eigenvalue weighted by Crippen LogP contribution is 2.38. The Bertz CT molecular complexity index is 838. The zero-order valence-electron chi connectivity index (χ0n) is 14.7. The molecular formula is C19H18ClN3O4. The van der Waals surface area contributed by atoms with Gasteiger partial charge in [-0.15, -0.1) is 0 Å². The topological polar surface area (TPSA) is 87.1 Å². The van der Waals surface area contributed by atoms with Gasteiger partial charge in [0.05, 0.1) is 5.92 Å². The predicted octanol–water partition coefficient (Wildman–Crippen LogP) is 1.13. The van der Waals surface area contributed by atoms with E-state index in [1.165, 1.54) is 23.3 Å². The average Bonchev–Trinajstić information content (AvgIpc) is 3.14. The Labute approximate surface area is 161 Å². The van der Waals surface area contributed by atoms with E-state index in [-0.39, 0.29) is 13.1 Å². The van der Waals surface area contributed by atoms with Crippen LogP contribution in [0.15, 0.2) is 47.5 Å². The molecule has 0 aromatic heterocycles. The lowest BCUT2D eigenvalue weighted by Crippen LogP contribution is -2.61. The number of likely N-dealkylation sites (N-methyl/N-ethyl adjacent to an activating group) is 1. The van der Waals surface area contributed by atoms with Gasteiger partial charge in [0.15, 0.2) is 5.54 Å². The Kier molecular flexibility index (Phi) is 5.23. The first-order valence-corrected chi connectivity index (χ1v) is 8.92. The van der Waals surface area contributed by atoms with E-state index in [0.29, 0.717) is 12.1 Å². The maximum Gasteiger partial charge on any atom is 0.318 e. The molecule has 8 heteroatoms. The summed E-state index contributed by atoms with van der Waals surface area (Å²) < 4.78 is 0. The summed E-state index contributed by atoms with van der Waals surface area (Å²) in [4.78, 5) is 56.8. The van der Waals surface area contributed by atoms with Gasteiger partial charge in [0.2, 0.25) is 5.24 Å². The standard InChI is InChI=1S/C19H18ClN3O4/c1-2-22-11-12-23(17(26)16(22)25)18(27)19(9-6-10-21-19)14(15(20)24)13-7-4-3-5-8-13/h3-10,14H,2,11-12H2,1H3. The number of amides is 3. The SMILES string of the molecule is CCN1CCN(C(=O)C2(C(C(=O)Cl)c3ccccc3)C=CC=N2)C(=O)C1=O. The van der Waals surface area contributed by atoms with Crippen molar-refractivity contribution in [2.75, 3.05) is 19.6 Å². The lowest BCUT2D eigenvalue weighted by molar-refractivity contribution is -0.162. The Balaban J connectivity index is 2.02. The highest BCUT2D eigenvalue weighted by Gasteiger charge is 2.53. The van der Waals surface area contributed by atoms with Crippen molar-refractivity contribution < 1.29 is 19.2 Å². The Morgan fingerprint density at radius 3 is 2.44 bits per heavy atom. The minimum Gasteiger partial charge on any atom is -0.333 e. The molecule has 3 rings (SSSR count). The van der Waals surface area contributed by atoms with E-state index in [1.807, 2.05) is 0 Å². The van der Waals surface area contributed by atoms with Crippen molar-refractivity contribution in [3.63, 3.8) is 0 Å². The fraction of sp³-hybridized carbons (Fsp3) is 0.316. The average molecular weight is 388 g/mol. The molecule has 2 atom stereocenters. The number of allylic oxidation sites excluding steroid dienone is 1. The smallest absolute Gasteiger partial charge is 0.318 e. The van der Waals surface area contributed by atoms with E-state index in [4.69, 9.17) is 11.6 Å². The minimum absolute atomic E-state index is 0.0420. The van der Waals surface area contributed by atoms with E-state index < -0.39 is 34.4 Å². The summed E-state index contributed by atoms with van der Waals surface area (Å²) in [5, 5.41) is -0.774. The van der Waals surface area contributed by atoms with Crippen LogP contribution in [0.1, 0.15) is 18.4 Å². The van der Waals surface area contributed by atoms with Gasteiger partial charge in [-0.05, 0) is 36.2 Å². The molecule has 140 valence electrons. The first-order chi connectivity index (χ1) is 12.9. The molecule has 2 unspecified atom stereocenters. The number of carbonyl (C=O) groups is 4. The number of hydrogen-bond donors (Lipinski definition) is 0. The third-order valence-electron chi connectivity index (χ3n) is 4.80. The molecule has 1 aromatic rings. The summed E-state index contributed by atoms with van der Waals surface area (Å²) in [5.41, 5.74) is -1.19. The molecule has 7 nitrogen and oxygen atoms in total. The lowest BCUT2D eigenvalue weighted by atomic mass is 9.79. The number of piperazine rings is 1. The van der Waals surface area contributed by atoms with Crippen LogP contribution in [0.4, 0.5) is 0 Å². The molecule has 0 aliphatic carbocycles. The molecule has 2 heterocycles. The van der Waals surface area contributed by atoms with Crippen molar-refractivity contribution in [2.45, 2.75) is 18.4 Å². The first kappa shape index (κ1) is 19.0. The molecule has 0 bridgehead atoms. The summed E-state index contributed by atoms with van der Waals surface area (Å²) in [6.07, 6.45) is 4.38. The van der Waals surface area contributed by atoms with Crippen LogP contribution < -0.4 is 0 Å². The number of rotatable bonds is 5. The lowest BCUT2D eigenvalue weighted by Gasteiger charge is -2.38. The minimum atomic E-state index is -1.69. The van der Waals surface area contributed by atoms with Gasteiger partial charge in [0.25, 0.3) is 5.91 Å². The van der Waals surface area contributed by atoms with Gasteiger partial charge < -0.3 is 4.90 Å². The predicted molar refractivity (Wildman–Crippen MR) is 99.4 cm³/mol. The van der Waals surface area contributed by atoms with Crippen LogP contribution in [-0.4, -0.2) is 64.2 Å². The van der Waals surface area contributed by atoms with Crippen LogP contribution in [0.5, 0.6) is 0 Å². The first-order valence-electron chi connectivity index (χ1n) is 8.55. The zero-order chi connectivity index (χ0) is 19.6. The molecule has 27 heavy (non-hydrogen) atoms. The fourth-order valence-corrected chi connectivity index (χ4v) is 3.70. The number of hydrogen-bond acceptors (Lipinski definition) is 5. The number of aliphatic imine (C=N–C) groups is 1. The maximum absolute atomic E-state index is 13.4. The highest BCUT2D eigenvalue weighted by molar-refractivity contribution is 6.65. The molecule has 2 aliphatic rings. The van der Waals surface area contributed by atoms with Crippen molar-refractivity contribution in [1.82, 2.24) is 9.80 Å². The molecule has 0 radical (unpaired) electrons. The van der Waals surface area contributed by atoms with Crippen molar-refractivity contribution in [1.29, 1.82) is 0 Å². The molecule has 3 amide bonds. The van der Waals surface area contributed by atoms with Crippen molar-refractivity contribution in [3.05, 3.63) is 48.0 Å². The van der Waals surface area contributed by atoms with Gasteiger partial charge in [-0.3, -0.25) is 29.1 Å². The van der Waals surface area contributed by atoms with Gasteiger partial charge >= 0.3 is 11.8 Å². The van der Waals surface area contributed by atoms with E-state index in [2.05, 4.69) is 4.99 Å². The molecule has 0 N–H and O–H groups in total. The molecule has 0 saturated carbocycles. The number of imide groups is 1. The maximum atomic E-state index is 13.4. The monoisotopic (exact) mass is 387 g/mol. The second-order valence-electron chi connectivity index (χ2n) is 6.26. The highest BCUT2D eigenvalue weighted by atomic mass is 35.5. The van der Waals surface area contributed by atoms with Crippen LogP contribution in [0.25, 0.3) is 0 Å². The quantitative estimate of drug-likeness (QED) is 0.430. The number of carbonyl (C=O) groups excluding carboxylic acids is 4. The Morgan fingerprint density at radius 2 is 1.89 bits per heavy atom. The van der Waals surface area contributed by atoms with E-state index in [1.54, 1.807) is 37.3 Å². The summed E-state index contributed by atoms with van der Waals surface area (Å²) in [6, 6.07) is 8.55. The van der Waals surface area contributed by atoms with Gasteiger partial charge in [-0.25, -0.2) is 0 Å². The Morgan fingerprint density at radius 1 is 1.19 bits per heavy atom. The van der Waals surface area contributed by atoms with Crippen molar-refractivity contribution in [3.8, 4) is 0 Å². The second-order valence-corrected chi connectivity index (χ2v) is 6.63. The number of halogens is 1. The summed E-state index contributed by atoms with van der Waals surface area (Å²) in [5.74, 6) is -3.51. The van der Waals surface area contributed by atoms with Crippen LogP contribution in [-0.2, 0) is 19.2 Å². The molecular weight excluding hydrogens is 370 g/mol. The van der Waals surface area contributed by atoms with Gasteiger partial charge in [-0.1, -0.05) is 30.3 Å². The number of nitrogens with zero attached hydrogens (tertiary/aromatic N) is 3. The van der Waals surface area contributed by atoms with Crippen molar-refractivity contribution >= 4 is 40.8 Å². The number of benzene rings is 1. The Hall–Kier alpha value is -2.80. The zero-order valence-corrected chi connectivity index (χ0v) is 15.4. The van der Waals surface area contributed by atoms with Gasteiger partial charge in [0, 0.05) is 25.8 Å². The molecule has 2 aliphatic heterocycles. The van der Waals surface area contributed by atoms with Crippen LogP contribution in [0.2, 0.25) is 0 Å². The van der Waals surface area contributed by atoms with Crippen LogP contribution in [0.3, 0.4) is 0 Å². The second kappa shape index (κ2) is 7.44. The third-order valence-corrected chi connectivity index (χ3v) is 5.02. The van der Waals surface area contributed by atoms with Crippen LogP contribution in [0, 0.1) is 0 Å². The molecule has 1 saturated heterocycles. The molecule has 1 fully saturated rings. The summed E-state index contributed by atoms with van der Waals surface area (Å²) in [6.45, 7) is 2.41. The van der Waals surface area contributed by atoms with E-state index in [0.717, 1.165) is 4.90 Å². The fourth-order valence-electron chi connectivity index (χ4n) is 3.41. The van der Waals surface area contributed by atoms with Gasteiger partial charge in [0.1, 0.15) is 0 Å². The largest absolute Gasteiger partial charge is 0.333 e. The molecule has 1 aromatic carbocycles. The van der Waals surface area contributed by atoms with Gasteiger partial charge in [-0.2, -0.15) is 0 Å². The third kappa shape index (κ3) is 3.19.